The minimum Gasteiger partial charge on any atom is -0.322 e. The number of nitrogens with one attached hydrogen (secondary N) is 3. The number of rotatable bonds is 5. The summed E-state index contributed by atoms with van der Waals surface area (Å²) in [4.78, 5) is 23.7. The van der Waals surface area contributed by atoms with E-state index in [9.17, 15) is 9.59 Å². The molecular weight excluding hydrogens is 282 g/mol. The molecule has 0 spiro atoms. The molecule has 0 radical (unpaired) electrons. The highest BCUT2D eigenvalue weighted by molar-refractivity contribution is 5.90. The molecule has 1 aromatic heterocycles. The van der Waals surface area contributed by atoms with Crippen molar-refractivity contribution in [2.24, 2.45) is 0 Å². The number of aromatic nitrogens is 2. The molecule has 1 aliphatic carbocycles. The Hall–Kier alpha value is -1.89. The van der Waals surface area contributed by atoms with E-state index >= 15 is 0 Å². The number of nitrogens with zero attached hydrogens (tertiary/aromatic N) is 2. The predicted molar refractivity (Wildman–Crippen MR) is 82.1 cm³/mol. The van der Waals surface area contributed by atoms with Crippen molar-refractivity contribution in [3.05, 3.63) is 11.8 Å². The molecule has 3 rings (SSSR count). The van der Waals surface area contributed by atoms with Crippen LogP contribution in [0.25, 0.3) is 0 Å². The lowest BCUT2D eigenvalue weighted by atomic mass is 10.2. The Morgan fingerprint density at radius 1 is 1.50 bits per heavy atom. The maximum absolute atomic E-state index is 11.9. The highest BCUT2D eigenvalue weighted by atomic mass is 16.2. The topological polar surface area (TPSA) is 88.1 Å². The molecule has 2 fully saturated rings. The average Bonchev–Trinajstić information content (AvgIpc) is 3.20. The lowest BCUT2D eigenvalue weighted by Crippen LogP contribution is -2.52. The Morgan fingerprint density at radius 3 is 2.91 bits per heavy atom. The first kappa shape index (κ1) is 15.0. The van der Waals surface area contributed by atoms with Crippen molar-refractivity contribution in [2.45, 2.75) is 64.2 Å². The molecule has 7 nitrogen and oxygen atoms in total. The number of hydrogen-bond donors (Lipinski definition) is 3. The normalized spacial score (nSPS) is 24.9. The van der Waals surface area contributed by atoms with Gasteiger partial charge >= 0.3 is 0 Å². The van der Waals surface area contributed by atoms with Crippen molar-refractivity contribution in [3.63, 3.8) is 0 Å². The van der Waals surface area contributed by atoms with E-state index in [1.54, 1.807) is 4.68 Å². The third-order valence-corrected chi connectivity index (χ3v) is 3.97. The van der Waals surface area contributed by atoms with E-state index in [2.05, 4.69) is 21.0 Å². The molecule has 7 heteroatoms. The van der Waals surface area contributed by atoms with E-state index in [1.807, 2.05) is 19.9 Å². The molecule has 2 atom stereocenters. The van der Waals surface area contributed by atoms with Crippen LogP contribution >= 0.6 is 0 Å². The summed E-state index contributed by atoms with van der Waals surface area (Å²) in [5.41, 5.74) is 0.987. The van der Waals surface area contributed by atoms with Gasteiger partial charge in [-0.2, -0.15) is 5.10 Å². The summed E-state index contributed by atoms with van der Waals surface area (Å²) in [5.74, 6) is 1.10. The van der Waals surface area contributed by atoms with E-state index in [1.165, 1.54) is 0 Å². The van der Waals surface area contributed by atoms with Crippen molar-refractivity contribution >= 4 is 17.6 Å². The van der Waals surface area contributed by atoms with Crippen LogP contribution in [0, 0.1) is 0 Å². The van der Waals surface area contributed by atoms with Crippen molar-refractivity contribution < 1.29 is 9.59 Å². The molecule has 3 N–H and O–H groups in total. The molecule has 2 unspecified atom stereocenters. The fourth-order valence-electron chi connectivity index (χ4n) is 2.71. The van der Waals surface area contributed by atoms with Gasteiger partial charge in [-0.3, -0.25) is 14.9 Å². The van der Waals surface area contributed by atoms with Crippen LogP contribution < -0.4 is 16.0 Å². The lowest BCUT2D eigenvalue weighted by molar-refractivity contribution is -0.125. The second-order valence-electron chi connectivity index (χ2n) is 6.21. The molecule has 2 heterocycles. The van der Waals surface area contributed by atoms with E-state index in [0.29, 0.717) is 24.6 Å². The van der Waals surface area contributed by atoms with Gasteiger partial charge < -0.3 is 10.6 Å². The third-order valence-electron chi connectivity index (χ3n) is 3.97. The van der Waals surface area contributed by atoms with Crippen molar-refractivity contribution in [2.75, 3.05) is 5.32 Å². The average molecular weight is 305 g/mol. The molecule has 1 aromatic rings. The molecule has 2 aliphatic rings. The minimum absolute atomic E-state index is 0.00874. The summed E-state index contributed by atoms with van der Waals surface area (Å²) >= 11 is 0. The lowest BCUT2D eigenvalue weighted by Gasteiger charge is -2.30. The van der Waals surface area contributed by atoms with Gasteiger partial charge in [-0.25, -0.2) is 4.68 Å². The van der Waals surface area contributed by atoms with Crippen LogP contribution in [0.4, 0.5) is 5.82 Å². The molecule has 1 aliphatic heterocycles. The number of carbonyl (C=O) groups is 2. The second-order valence-corrected chi connectivity index (χ2v) is 6.21. The number of carbonyl (C=O) groups excluding carboxylic acids is 2. The van der Waals surface area contributed by atoms with Crippen LogP contribution in [0.5, 0.6) is 0 Å². The fourth-order valence-corrected chi connectivity index (χ4v) is 2.71. The number of amides is 2. The first-order valence-electron chi connectivity index (χ1n) is 8.01. The first-order valence-corrected chi connectivity index (χ1v) is 8.01. The highest BCUT2D eigenvalue weighted by Crippen LogP contribution is 2.40. The summed E-state index contributed by atoms with van der Waals surface area (Å²) in [6.07, 6.45) is 3.58. The Labute approximate surface area is 129 Å². The van der Waals surface area contributed by atoms with Gasteiger partial charge in [-0.05, 0) is 26.2 Å². The van der Waals surface area contributed by atoms with Crippen LogP contribution in [0.1, 0.15) is 63.9 Å². The van der Waals surface area contributed by atoms with Gasteiger partial charge in [-0.15, -0.1) is 0 Å². The SMILES string of the molecule is CCCC(=O)Nc1cc(C2CC2)nn1C1NC(=O)CC(C)N1. The molecule has 0 bridgehead atoms. The molecule has 22 heavy (non-hydrogen) atoms. The predicted octanol–water partition coefficient (Wildman–Crippen LogP) is 1.45. The van der Waals surface area contributed by atoms with Gasteiger partial charge in [0.05, 0.1) is 5.69 Å². The standard InChI is InChI=1S/C15H23N5O2/c1-3-4-13(21)17-12-8-11(10-5-6-10)19-20(12)15-16-9(2)7-14(22)18-15/h8-10,15-16H,3-7H2,1-2H3,(H,17,21)(H,18,22). The number of hydrogen-bond acceptors (Lipinski definition) is 4. The Bertz CT molecular complexity index is 578. The van der Waals surface area contributed by atoms with Crippen molar-refractivity contribution in [3.8, 4) is 0 Å². The Kier molecular flexibility index (Phi) is 4.15. The number of anilines is 1. The molecule has 1 saturated heterocycles. The van der Waals surface area contributed by atoms with E-state index in [-0.39, 0.29) is 17.9 Å². The van der Waals surface area contributed by atoms with Gasteiger partial charge in [0.15, 0.2) is 6.29 Å². The van der Waals surface area contributed by atoms with Crippen molar-refractivity contribution in [1.29, 1.82) is 0 Å². The summed E-state index contributed by atoms with van der Waals surface area (Å²) < 4.78 is 1.69. The van der Waals surface area contributed by atoms with Crippen LogP contribution in [0.2, 0.25) is 0 Å². The van der Waals surface area contributed by atoms with Gasteiger partial charge in [0, 0.05) is 30.9 Å². The summed E-state index contributed by atoms with van der Waals surface area (Å²) in [7, 11) is 0. The highest BCUT2D eigenvalue weighted by Gasteiger charge is 2.31. The quantitative estimate of drug-likeness (QED) is 0.768. The van der Waals surface area contributed by atoms with Gasteiger partial charge in [0.2, 0.25) is 11.8 Å². The van der Waals surface area contributed by atoms with E-state index in [0.717, 1.165) is 25.0 Å². The van der Waals surface area contributed by atoms with Crippen LogP contribution in [0.3, 0.4) is 0 Å². The Balaban J connectivity index is 1.84. The van der Waals surface area contributed by atoms with Crippen LogP contribution in [-0.2, 0) is 9.59 Å². The molecule has 120 valence electrons. The summed E-state index contributed by atoms with van der Waals surface area (Å²) in [5, 5.41) is 13.7. The van der Waals surface area contributed by atoms with E-state index in [4.69, 9.17) is 0 Å². The largest absolute Gasteiger partial charge is 0.322 e. The zero-order valence-corrected chi connectivity index (χ0v) is 13.1. The second kappa shape index (κ2) is 6.08. The van der Waals surface area contributed by atoms with Gasteiger partial charge in [-0.1, -0.05) is 6.92 Å². The maximum atomic E-state index is 11.9. The molecule has 2 amide bonds. The molecular formula is C15H23N5O2. The van der Waals surface area contributed by atoms with Gasteiger partial charge in [0.25, 0.3) is 0 Å². The zero-order valence-electron chi connectivity index (χ0n) is 13.1. The summed E-state index contributed by atoms with van der Waals surface area (Å²) in [6.45, 7) is 3.93. The fraction of sp³-hybridized carbons (Fsp3) is 0.667. The monoisotopic (exact) mass is 305 g/mol. The van der Waals surface area contributed by atoms with Crippen LogP contribution in [-0.4, -0.2) is 27.6 Å². The maximum Gasteiger partial charge on any atom is 0.225 e. The molecule has 0 aromatic carbocycles. The van der Waals surface area contributed by atoms with Crippen LogP contribution in [0.15, 0.2) is 6.07 Å². The van der Waals surface area contributed by atoms with Crippen molar-refractivity contribution in [1.82, 2.24) is 20.4 Å². The Morgan fingerprint density at radius 2 is 2.27 bits per heavy atom. The first-order chi connectivity index (χ1) is 10.6. The zero-order chi connectivity index (χ0) is 15.7. The minimum atomic E-state index is -0.416. The summed E-state index contributed by atoms with van der Waals surface area (Å²) in [6, 6.07) is 2.00. The molecule has 1 saturated carbocycles. The van der Waals surface area contributed by atoms with E-state index < -0.39 is 6.29 Å². The van der Waals surface area contributed by atoms with Gasteiger partial charge in [0.1, 0.15) is 5.82 Å². The smallest absolute Gasteiger partial charge is 0.225 e. The third kappa shape index (κ3) is 3.30.